The third-order valence-electron chi connectivity index (χ3n) is 1.90. The number of ether oxygens (including phenoxy) is 1. The molecular weight excluding hydrogens is 230 g/mol. The van der Waals surface area contributed by atoms with Crippen LogP contribution in [0.4, 0.5) is 0 Å². The third-order valence-corrected chi connectivity index (χ3v) is 3.07. The second kappa shape index (κ2) is 7.51. The maximum atomic E-state index is 11.5. The van der Waals surface area contributed by atoms with Gasteiger partial charge in [-0.25, -0.2) is 4.79 Å². The normalized spacial score (nSPS) is 14.2. The van der Waals surface area contributed by atoms with E-state index < -0.39 is 11.5 Å². The Labute approximate surface area is 99.9 Å². The van der Waals surface area contributed by atoms with E-state index in [1.165, 1.54) is 25.8 Å². The lowest BCUT2D eigenvalue weighted by Gasteiger charge is -2.25. The number of carboxylic acid groups (broad SMARTS) is 1. The first kappa shape index (κ1) is 15.2. The molecule has 0 spiro atoms. The topological polar surface area (TPSA) is 75.6 Å². The summed E-state index contributed by atoms with van der Waals surface area (Å²) in [6.07, 6.45) is 0.992. The second-order valence-electron chi connectivity index (χ2n) is 3.67. The van der Waals surface area contributed by atoms with Gasteiger partial charge in [0.2, 0.25) is 5.91 Å². The fraction of sp³-hybridized carbons (Fsp3) is 0.800. The first-order valence-electron chi connectivity index (χ1n) is 5.07. The molecule has 0 saturated carbocycles. The van der Waals surface area contributed by atoms with E-state index in [9.17, 15) is 9.59 Å². The molecule has 1 amide bonds. The number of carboxylic acids is 1. The summed E-state index contributed by atoms with van der Waals surface area (Å²) in [5, 5.41) is 11.5. The van der Waals surface area contributed by atoms with Gasteiger partial charge in [0.05, 0.1) is 12.4 Å². The number of aliphatic carboxylic acids is 1. The first-order chi connectivity index (χ1) is 7.46. The summed E-state index contributed by atoms with van der Waals surface area (Å²) in [7, 11) is 1.40. The number of carbonyl (C=O) groups excluding carboxylic acids is 1. The van der Waals surface area contributed by atoms with Gasteiger partial charge in [0.25, 0.3) is 0 Å². The first-order valence-corrected chi connectivity index (χ1v) is 6.23. The van der Waals surface area contributed by atoms with E-state index in [2.05, 4.69) is 5.32 Å². The minimum Gasteiger partial charge on any atom is -0.479 e. The zero-order valence-corrected chi connectivity index (χ0v) is 10.7. The van der Waals surface area contributed by atoms with E-state index in [0.29, 0.717) is 0 Å². The lowest BCUT2D eigenvalue weighted by molar-refractivity contribution is -0.148. The van der Waals surface area contributed by atoms with Crippen molar-refractivity contribution in [2.75, 3.05) is 25.2 Å². The Bertz CT molecular complexity index is 247. The summed E-state index contributed by atoms with van der Waals surface area (Å²) in [5.74, 6) is -0.203. The van der Waals surface area contributed by atoms with Crippen LogP contribution in [-0.4, -0.2) is 47.7 Å². The van der Waals surface area contributed by atoms with Crippen molar-refractivity contribution in [1.82, 2.24) is 5.32 Å². The fourth-order valence-electron chi connectivity index (χ4n) is 1.09. The standard InChI is InChI=1S/C10H19NO4S/c1-4-5-16-6-8(12)11-10(2,7-15-3)9(13)14/h4-7H2,1-3H3,(H,11,12)(H,13,14). The van der Waals surface area contributed by atoms with Gasteiger partial charge < -0.3 is 15.2 Å². The van der Waals surface area contributed by atoms with Crippen LogP contribution in [0.3, 0.4) is 0 Å². The summed E-state index contributed by atoms with van der Waals surface area (Å²) in [4.78, 5) is 22.4. The largest absolute Gasteiger partial charge is 0.479 e. The van der Waals surface area contributed by atoms with Gasteiger partial charge >= 0.3 is 5.97 Å². The van der Waals surface area contributed by atoms with Gasteiger partial charge in [-0.15, -0.1) is 0 Å². The van der Waals surface area contributed by atoms with Crippen LogP contribution in [0.25, 0.3) is 0 Å². The van der Waals surface area contributed by atoms with Crippen LogP contribution < -0.4 is 5.32 Å². The highest BCUT2D eigenvalue weighted by atomic mass is 32.2. The molecule has 0 aromatic rings. The predicted octanol–water partition coefficient (Wildman–Crippen LogP) is 0.735. The van der Waals surface area contributed by atoms with E-state index in [1.54, 1.807) is 0 Å². The van der Waals surface area contributed by atoms with E-state index in [1.807, 2.05) is 6.92 Å². The van der Waals surface area contributed by atoms with Gasteiger partial charge in [-0.3, -0.25) is 4.79 Å². The monoisotopic (exact) mass is 249 g/mol. The number of hydrogen-bond acceptors (Lipinski definition) is 4. The summed E-state index contributed by atoms with van der Waals surface area (Å²) < 4.78 is 4.79. The molecule has 0 saturated heterocycles. The molecule has 0 rings (SSSR count). The quantitative estimate of drug-likeness (QED) is 0.620. The lowest BCUT2D eigenvalue weighted by atomic mass is 10.0. The molecule has 6 heteroatoms. The minimum atomic E-state index is -1.35. The molecule has 0 aliphatic heterocycles. The Morgan fingerprint density at radius 3 is 2.56 bits per heavy atom. The number of amides is 1. The van der Waals surface area contributed by atoms with Gasteiger partial charge in [0, 0.05) is 7.11 Å². The Morgan fingerprint density at radius 1 is 1.50 bits per heavy atom. The van der Waals surface area contributed by atoms with Crippen LogP contribution in [0, 0.1) is 0 Å². The summed E-state index contributed by atoms with van der Waals surface area (Å²) >= 11 is 1.49. The molecule has 5 nitrogen and oxygen atoms in total. The van der Waals surface area contributed by atoms with Crippen molar-refractivity contribution in [3.8, 4) is 0 Å². The van der Waals surface area contributed by atoms with E-state index in [4.69, 9.17) is 9.84 Å². The molecule has 0 bridgehead atoms. The highest BCUT2D eigenvalue weighted by Gasteiger charge is 2.34. The number of thioether (sulfide) groups is 1. The van der Waals surface area contributed by atoms with Crippen LogP contribution in [0.2, 0.25) is 0 Å². The average Bonchev–Trinajstić information content (AvgIpc) is 2.18. The number of nitrogens with one attached hydrogen (secondary N) is 1. The van der Waals surface area contributed by atoms with Gasteiger partial charge in [0.15, 0.2) is 5.54 Å². The molecule has 1 unspecified atom stereocenters. The molecule has 1 atom stereocenters. The minimum absolute atomic E-state index is 0.0491. The van der Waals surface area contributed by atoms with Crippen molar-refractivity contribution in [1.29, 1.82) is 0 Å². The molecule has 0 heterocycles. The van der Waals surface area contributed by atoms with Crippen molar-refractivity contribution in [3.63, 3.8) is 0 Å². The molecule has 94 valence electrons. The zero-order valence-electron chi connectivity index (χ0n) is 9.91. The fourth-order valence-corrected chi connectivity index (χ4v) is 1.78. The molecule has 0 aliphatic rings. The van der Waals surface area contributed by atoms with Crippen LogP contribution in [0.1, 0.15) is 20.3 Å². The Morgan fingerprint density at radius 2 is 2.12 bits per heavy atom. The van der Waals surface area contributed by atoms with Crippen molar-refractivity contribution in [3.05, 3.63) is 0 Å². The Hall–Kier alpha value is -0.750. The predicted molar refractivity (Wildman–Crippen MR) is 63.7 cm³/mol. The van der Waals surface area contributed by atoms with Gasteiger partial charge in [0.1, 0.15) is 0 Å². The van der Waals surface area contributed by atoms with Crippen LogP contribution in [-0.2, 0) is 14.3 Å². The number of carbonyl (C=O) groups is 2. The average molecular weight is 249 g/mol. The summed E-state index contributed by atoms with van der Waals surface area (Å²) in [6, 6.07) is 0. The molecule has 0 radical (unpaired) electrons. The maximum Gasteiger partial charge on any atom is 0.331 e. The molecule has 0 aromatic carbocycles. The van der Waals surface area contributed by atoms with E-state index >= 15 is 0 Å². The lowest BCUT2D eigenvalue weighted by Crippen LogP contribution is -2.55. The Balaban J connectivity index is 4.19. The van der Waals surface area contributed by atoms with Gasteiger partial charge in [-0.1, -0.05) is 6.92 Å². The number of rotatable bonds is 8. The van der Waals surface area contributed by atoms with Crippen LogP contribution in [0.5, 0.6) is 0 Å². The third kappa shape index (κ3) is 5.37. The smallest absolute Gasteiger partial charge is 0.331 e. The molecule has 16 heavy (non-hydrogen) atoms. The van der Waals surface area contributed by atoms with Crippen molar-refractivity contribution in [2.24, 2.45) is 0 Å². The number of hydrogen-bond donors (Lipinski definition) is 2. The Kier molecular flexibility index (Phi) is 7.16. The van der Waals surface area contributed by atoms with E-state index in [0.717, 1.165) is 12.2 Å². The van der Waals surface area contributed by atoms with Crippen molar-refractivity contribution >= 4 is 23.6 Å². The van der Waals surface area contributed by atoms with Gasteiger partial charge in [-0.2, -0.15) is 11.8 Å². The highest BCUT2D eigenvalue weighted by molar-refractivity contribution is 7.99. The summed E-state index contributed by atoms with van der Waals surface area (Å²) in [5.41, 5.74) is -1.35. The zero-order chi connectivity index (χ0) is 12.6. The highest BCUT2D eigenvalue weighted by Crippen LogP contribution is 2.07. The molecule has 0 fully saturated rings. The SMILES string of the molecule is CCCSCC(=O)NC(C)(COC)C(=O)O. The maximum absolute atomic E-state index is 11.5. The van der Waals surface area contributed by atoms with Gasteiger partial charge in [-0.05, 0) is 19.1 Å². The molecule has 2 N–H and O–H groups in total. The van der Waals surface area contributed by atoms with Crippen LogP contribution >= 0.6 is 11.8 Å². The van der Waals surface area contributed by atoms with Crippen molar-refractivity contribution in [2.45, 2.75) is 25.8 Å². The molecular formula is C10H19NO4S. The number of methoxy groups -OCH3 is 1. The van der Waals surface area contributed by atoms with Crippen molar-refractivity contribution < 1.29 is 19.4 Å². The summed E-state index contributed by atoms with van der Waals surface area (Å²) in [6.45, 7) is 3.41. The second-order valence-corrected chi connectivity index (χ2v) is 4.78. The van der Waals surface area contributed by atoms with E-state index in [-0.39, 0.29) is 18.3 Å². The molecule has 0 aliphatic carbocycles. The molecule has 0 aromatic heterocycles. The van der Waals surface area contributed by atoms with Crippen LogP contribution in [0.15, 0.2) is 0 Å².